The summed E-state index contributed by atoms with van der Waals surface area (Å²) >= 11 is 6.26. The molecule has 1 aliphatic carbocycles. The Balaban J connectivity index is 0.877. The van der Waals surface area contributed by atoms with Crippen molar-refractivity contribution in [2.24, 2.45) is 10.6 Å². The van der Waals surface area contributed by atoms with E-state index in [4.69, 9.17) is 21.3 Å². The van der Waals surface area contributed by atoms with Crippen LogP contribution in [0.15, 0.2) is 101 Å². The number of likely N-dealkylation sites (tertiary alicyclic amines) is 1. The number of alkyl halides is 1. The molecule has 6 aromatic rings. The molecule has 3 aliphatic heterocycles. The second-order valence-electron chi connectivity index (χ2n) is 19.2. The number of pyridine rings is 1. The molecule has 3 aromatic heterocycles. The summed E-state index contributed by atoms with van der Waals surface area (Å²) < 4.78 is 52.7. The highest BCUT2D eigenvalue weighted by atomic mass is 35.5. The van der Waals surface area contributed by atoms with Gasteiger partial charge in [-0.2, -0.15) is 5.10 Å². The Bertz CT molecular complexity index is 2990. The van der Waals surface area contributed by atoms with Crippen LogP contribution < -0.4 is 14.9 Å². The van der Waals surface area contributed by atoms with Gasteiger partial charge in [-0.3, -0.25) is 14.6 Å². The molecule has 4 aliphatic rings. The van der Waals surface area contributed by atoms with Gasteiger partial charge in [0, 0.05) is 74.7 Å². The van der Waals surface area contributed by atoms with E-state index < -0.39 is 21.6 Å². The number of amides is 1. The van der Waals surface area contributed by atoms with E-state index in [0.717, 1.165) is 74.1 Å². The Hall–Kier alpha value is -5.72. The highest BCUT2D eigenvalue weighted by molar-refractivity contribution is 7.90. The van der Waals surface area contributed by atoms with Crippen LogP contribution in [-0.4, -0.2) is 121 Å². The van der Waals surface area contributed by atoms with Crippen molar-refractivity contribution in [1.29, 1.82) is 0 Å². The molecule has 10 rings (SSSR count). The molecule has 0 bridgehead atoms. The van der Waals surface area contributed by atoms with Crippen LogP contribution in [0.4, 0.5) is 21.5 Å². The zero-order valence-electron chi connectivity index (χ0n) is 37.6. The summed E-state index contributed by atoms with van der Waals surface area (Å²) in [4.78, 5) is 40.8. The van der Waals surface area contributed by atoms with E-state index in [0.29, 0.717) is 67.6 Å². The summed E-state index contributed by atoms with van der Waals surface area (Å²) in [5.41, 5.74) is 5.98. The predicted octanol–water partition coefficient (Wildman–Crippen LogP) is 8.47. The smallest absolute Gasteiger partial charge is 0.267 e. The summed E-state index contributed by atoms with van der Waals surface area (Å²) in [5.74, 6) is -0.895. The number of carbonyl (C=O) groups is 1. The molecule has 3 saturated heterocycles. The van der Waals surface area contributed by atoms with Gasteiger partial charge in [0.2, 0.25) is 0 Å². The summed E-state index contributed by atoms with van der Waals surface area (Å²) in [7, 11) is -4.53. The molecule has 3 aromatic carbocycles. The van der Waals surface area contributed by atoms with Gasteiger partial charge in [0.05, 0.1) is 52.8 Å². The van der Waals surface area contributed by atoms with Crippen molar-refractivity contribution in [3.8, 4) is 5.69 Å². The van der Waals surface area contributed by atoms with Gasteiger partial charge < -0.3 is 19.9 Å². The minimum atomic E-state index is -4.53. The quantitative estimate of drug-likeness (QED) is 0.0950. The van der Waals surface area contributed by atoms with Gasteiger partial charge in [0.1, 0.15) is 22.5 Å². The fraction of sp³-hybridized carbons (Fsp3) is 0.408. The first-order valence-corrected chi connectivity index (χ1v) is 24.8. The van der Waals surface area contributed by atoms with Crippen LogP contribution in [0.3, 0.4) is 0 Å². The third-order valence-electron chi connectivity index (χ3n) is 14.1. The molecule has 18 heteroatoms. The molecule has 1 amide bonds. The van der Waals surface area contributed by atoms with E-state index in [1.807, 2.05) is 36.4 Å². The van der Waals surface area contributed by atoms with Gasteiger partial charge in [0.25, 0.3) is 15.9 Å². The number of ether oxygens (including phenoxy) is 1. The summed E-state index contributed by atoms with van der Waals surface area (Å²) in [6, 6.07) is 21.4. The van der Waals surface area contributed by atoms with Gasteiger partial charge in [-0.05, 0) is 114 Å². The van der Waals surface area contributed by atoms with Gasteiger partial charge >= 0.3 is 0 Å². The topological polar surface area (TPSA) is 170 Å². The third kappa shape index (κ3) is 9.44. The average molecular weight is 950 g/mol. The first-order chi connectivity index (χ1) is 32.2. The molecule has 67 heavy (non-hydrogen) atoms. The molecule has 350 valence electrons. The number of fused-ring (bicyclic) bond motifs is 2. The van der Waals surface area contributed by atoms with Crippen molar-refractivity contribution in [2.75, 3.05) is 75.8 Å². The SMILES string of the molecule is CC1(C)CCC(CN2CCN(c3ccc(C(=O)NS(=O)(=O)c4ccc(NCC5(F)CCN(C6COC6)CC5)c(N=O)c4)c(-n4ncc5nc6[nH]ccc6cc54)c3)CC2)=C(c2ccc(Cl)cc2)C1. The van der Waals surface area contributed by atoms with Crippen LogP contribution >= 0.6 is 11.6 Å². The van der Waals surface area contributed by atoms with E-state index in [1.165, 1.54) is 28.8 Å². The highest BCUT2D eigenvalue weighted by Gasteiger charge is 2.38. The van der Waals surface area contributed by atoms with Crippen molar-refractivity contribution in [1.82, 2.24) is 34.3 Å². The van der Waals surface area contributed by atoms with Crippen molar-refractivity contribution >= 4 is 72.2 Å². The lowest BCUT2D eigenvalue weighted by Gasteiger charge is -2.43. The number of aromatic amines is 1. The van der Waals surface area contributed by atoms with Crippen molar-refractivity contribution in [3.63, 3.8) is 0 Å². The maximum Gasteiger partial charge on any atom is 0.267 e. The Labute approximate surface area is 393 Å². The molecule has 15 nitrogen and oxygen atoms in total. The number of nitrogens with zero attached hydrogens (tertiary/aromatic N) is 7. The first-order valence-electron chi connectivity index (χ1n) is 22.9. The minimum Gasteiger partial charge on any atom is -0.380 e. The lowest BCUT2D eigenvalue weighted by molar-refractivity contribution is -0.0832. The van der Waals surface area contributed by atoms with Crippen LogP contribution in [0, 0.1) is 10.3 Å². The Morgan fingerprint density at radius 3 is 2.48 bits per heavy atom. The van der Waals surface area contributed by atoms with Crippen molar-refractivity contribution in [3.05, 3.63) is 112 Å². The summed E-state index contributed by atoms with van der Waals surface area (Å²) in [6.45, 7) is 11.1. The molecular weight excluding hydrogens is 895 g/mol. The predicted molar refractivity (Wildman–Crippen MR) is 260 cm³/mol. The number of piperazine rings is 1. The third-order valence-corrected chi connectivity index (χ3v) is 15.7. The van der Waals surface area contributed by atoms with E-state index in [9.17, 15) is 18.1 Å². The normalized spacial score (nSPS) is 19.4. The number of rotatable bonds is 13. The molecule has 0 saturated carbocycles. The van der Waals surface area contributed by atoms with Gasteiger partial charge in [-0.15, -0.1) is 4.91 Å². The molecule has 0 radical (unpaired) electrons. The zero-order valence-corrected chi connectivity index (χ0v) is 39.2. The second-order valence-corrected chi connectivity index (χ2v) is 21.3. The molecule has 6 heterocycles. The van der Waals surface area contributed by atoms with Gasteiger partial charge in [-0.25, -0.2) is 27.2 Å². The Morgan fingerprint density at radius 1 is 0.970 bits per heavy atom. The summed E-state index contributed by atoms with van der Waals surface area (Å²) in [6.07, 6.45) is 7.22. The number of hydrogen-bond acceptors (Lipinski definition) is 12. The number of nitroso groups, excluding NO2 is 1. The number of sulfonamides is 1. The molecule has 3 N–H and O–H groups in total. The van der Waals surface area contributed by atoms with Crippen LogP contribution in [-0.2, 0) is 14.8 Å². The monoisotopic (exact) mass is 948 g/mol. The molecule has 0 unspecified atom stereocenters. The highest BCUT2D eigenvalue weighted by Crippen LogP contribution is 2.43. The number of piperidine rings is 1. The fourth-order valence-corrected chi connectivity index (χ4v) is 11.0. The summed E-state index contributed by atoms with van der Waals surface area (Å²) in [5, 5.41) is 12.3. The van der Waals surface area contributed by atoms with E-state index in [1.54, 1.807) is 23.1 Å². The fourth-order valence-electron chi connectivity index (χ4n) is 9.89. The Kier molecular flexibility index (Phi) is 12.2. The molecule has 0 spiro atoms. The van der Waals surface area contributed by atoms with Crippen LogP contribution in [0.5, 0.6) is 0 Å². The lowest BCUT2D eigenvalue weighted by atomic mass is 9.72. The number of H-pyrrole nitrogens is 1. The molecule has 3 fully saturated rings. The number of anilines is 2. The minimum absolute atomic E-state index is 0.0585. The lowest BCUT2D eigenvalue weighted by Crippen LogP contribution is -2.55. The van der Waals surface area contributed by atoms with E-state index in [-0.39, 0.29) is 33.8 Å². The second kappa shape index (κ2) is 18.1. The number of aromatic nitrogens is 4. The van der Waals surface area contributed by atoms with Crippen molar-refractivity contribution < 1.29 is 22.3 Å². The van der Waals surface area contributed by atoms with Gasteiger partial charge in [0.15, 0.2) is 0 Å². The number of halogens is 2. The number of carbonyl (C=O) groups excluding carboxylic acids is 1. The maximum absolute atomic E-state index is 15.8. The number of allylic oxidation sites excluding steroid dienone is 1. The average Bonchev–Trinajstić information content (AvgIpc) is 3.95. The zero-order chi connectivity index (χ0) is 46.5. The number of hydrogen-bond donors (Lipinski definition) is 3. The standard InChI is InChI=1S/C49H54ClFN10O5S/c1-48(2)13-11-34(40(26-48)32-3-5-35(50)6-4-32)28-58-19-21-60(22-20-58)36-7-9-39(44(24-36)61-45-23-33-12-16-52-46(33)55-43(45)27-54-61)47(62)57-67(64,65)38-8-10-41(42(25-38)56-63)53-31-49(51)14-17-59(18-15-49)37-29-66-30-37/h3-10,12,16,23-25,27,37,53H,11,13-15,17-22,26,28-31H2,1-2H3,(H,52,55)(H,57,62). The van der Waals surface area contributed by atoms with Crippen LogP contribution in [0.25, 0.3) is 33.3 Å². The number of nitrogens with one attached hydrogen (secondary N) is 3. The molecule has 0 atom stereocenters. The molecular formula is C49H54ClFN10O5S. The Morgan fingerprint density at radius 2 is 1.75 bits per heavy atom. The van der Waals surface area contributed by atoms with Crippen LogP contribution in [0.2, 0.25) is 5.02 Å². The largest absolute Gasteiger partial charge is 0.380 e. The van der Waals surface area contributed by atoms with Crippen LogP contribution in [0.1, 0.15) is 61.9 Å². The maximum atomic E-state index is 15.8. The van der Waals surface area contributed by atoms with Crippen molar-refractivity contribution in [2.45, 2.75) is 62.6 Å². The van der Waals surface area contributed by atoms with Gasteiger partial charge in [-0.1, -0.05) is 43.2 Å². The number of benzene rings is 3. The van der Waals surface area contributed by atoms with E-state index in [2.05, 4.69) is 66.0 Å². The van der Waals surface area contributed by atoms with E-state index >= 15 is 4.39 Å². The first kappa shape index (κ1) is 45.1.